The molecule has 5 nitrogen and oxygen atoms in total. The van der Waals surface area contributed by atoms with Gasteiger partial charge in [0.2, 0.25) is 5.91 Å². The Labute approximate surface area is 152 Å². The summed E-state index contributed by atoms with van der Waals surface area (Å²) in [6.45, 7) is 2.06. The van der Waals surface area contributed by atoms with Crippen molar-refractivity contribution < 1.29 is 13.9 Å². The minimum atomic E-state index is -0.327. The minimum absolute atomic E-state index is 0.124. The van der Waals surface area contributed by atoms with Crippen LogP contribution in [-0.4, -0.2) is 24.6 Å². The van der Waals surface area contributed by atoms with Gasteiger partial charge in [-0.3, -0.25) is 9.69 Å². The lowest BCUT2D eigenvalue weighted by Crippen LogP contribution is -2.22. The Hall–Kier alpha value is -2.89. The van der Waals surface area contributed by atoms with E-state index in [2.05, 4.69) is 4.99 Å². The SMILES string of the molecule is CC(=O)N(c1ccc(F)cc1)c1ccc(CCCC2COC(N)=N2)cc1. The van der Waals surface area contributed by atoms with Crippen molar-refractivity contribution in [2.75, 3.05) is 11.5 Å². The molecule has 2 aromatic rings. The van der Waals surface area contributed by atoms with Crippen molar-refractivity contribution in [1.29, 1.82) is 0 Å². The van der Waals surface area contributed by atoms with E-state index in [1.54, 1.807) is 17.0 Å². The molecule has 26 heavy (non-hydrogen) atoms. The van der Waals surface area contributed by atoms with Gasteiger partial charge in [-0.2, -0.15) is 0 Å². The zero-order valence-electron chi connectivity index (χ0n) is 14.7. The predicted octanol–water partition coefficient (Wildman–Crippen LogP) is 3.55. The summed E-state index contributed by atoms with van der Waals surface area (Å²) in [7, 11) is 0. The molecule has 1 aliphatic rings. The summed E-state index contributed by atoms with van der Waals surface area (Å²) in [6.07, 6.45) is 2.83. The second-order valence-electron chi connectivity index (χ2n) is 6.32. The number of ether oxygens (including phenoxy) is 1. The van der Waals surface area contributed by atoms with Crippen LogP contribution in [0.3, 0.4) is 0 Å². The third-order valence-electron chi connectivity index (χ3n) is 4.33. The molecule has 0 saturated carbocycles. The van der Waals surface area contributed by atoms with Gasteiger partial charge in [0.25, 0.3) is 6.02 Å². The molecule has 6 heteroatoms. The number of hydrogen-bond acceptors (Lipinski definition) is 4. The van der Waals surface area contributed by atoms with Crippen molar-refractivity contribution in [3.63, 3.8) is 0 Å². The zero-order chi connectivity index (χ0) is 18.5. The number of benzene rings is 2. The van der Waals surface area contributed by atoms with Crippen molar-refractivity contribution in [3.05, 3.63) is 59.9 Å². The van der Waals surface area contributed by atoms with Gasteiger partial charge in [0, 0.05) is 18.3 Å². The molecule has 1 atom stereocenters. The lowest BCUT2D eigenvalue weighted by molar-refractivity contribution is -0.115. The van der Waals surface area contributed by atoms with Crippen LogP contribution in [0.5, 0.6) is 0 Å². The Kier molecular flexibility index (Phi) is 5.51. The second-order valence-corrected chi connectivity index (χ2v) is 6.32. The first-order valence-electron chi connectivity index (χ1n) is 8.64. The van der Waals surface area contributed by atoms with Crippen molar-refractivity contribution in [2.24, 2.45) is 10.7 Å². The highest BCUT2D eigenvalue weighted by molar-refractivity contribution is 5.98. The van der Waals surface area contributed by atoms with E-state index in [1.807, 2.05) is 24.3 Å². The summed E-state index contributed by atoms with van der Waals surface area (Å²) >= 11 is 0. The van der Waals surface area contributed by atoms with E-state index in [-0.39, 0.29) is 23.8 Å². The first-order valence-corrected chi connectivity index (χ1v) is 8.64. The highest BCUT2D eigenvalue weighted by Crippen LogP contribution is 2.26. The van der Waals surface area contributed by atoms with Crippen LogP contribution in [0.4, 0.5) is 15.8 Å². The van der Waals surface area contributed by atoms with Crippen LogP contribution < -0.4 is 10.6 Å². The first kappa shape index (κ1) is 17.9. The third-order valence-corrected chi connectivity index (χ3v) is 4.33. The molecule has 3 rings (SSSR count). The van der Waals surface area contributed by atoms with Crippen molar-refractivity contribution in [3.8, 4) is 0 Å². The van der Waals surface area contributed by atoms with Gasteiger partial charge in [0.05, 0.1) is 6.04 Å². The smallest absolute Gasteiger partial charge is 0.282 e. The van der Waals surface area contributed by atoms with E-state index >= 15 is 0 Å². The van der Waals surface area contributed by atoms with Crippen LogP contribution in [-0.2, 0) is 16.0 Å². The standard InChI is InChI=1S/C20H22FN3O2/c1-14(25)24(19-11-7-16(21)8-12-19)18-9-5-15(6-10-18)3-2-4-17-13-26-20(22)23-17/h5-12,17H,2-4,13H2,1H3,(H2,22,23). The third kappa shape index (κ3) is 4.39. The number of aryl methyl sites for hydroxylation is 1. The Balaban J connectivity index is 1.63. The molecule has 0 aliphatic carbocycles. The second kappa shape index (κ2) is 7.99. The van der Waals surface area contributed by atoms with Crippen LogP contribution in [0.2, 0.25) is 0 Å². The molecule has 1 unspecified atom stereocenters. The fourth-order valence-electron chi connectivity index (χ4n) is 3.04. The van der Waals surface area contributed by atoms with Gasteiger partial charge in [-0.1, -0.05) is 12.1 Å². The Morgan fingerprint density at radius 1 is 1.19 bits per heavy atom. The molecule has 2 N–H and O–H groups in total. The molecule has 0 bridgehead atoms. The molecule has 1 aliphatic heterocycles. The quantitative estimate of drug-likeness (QED) is 0.862. The summed E-state index contributed by atoms with van der Waals surface area (Å²) < 4.78 is 18.3. The lowest BCUT2D eigenvalue weighted by Gasteiger charge is -2.21. The summed E-state index contributed by atoms with van der Waals surface area (Å²) in [5.41, 5.74) is 8.10. The molecule has 0 aromatic heterocycles. The van der Waals surface area contributed by atoms with Crippen LogP contribution in [0.15, 0.2) is 53.5 Å². The molecule has 0 radical (unpaired) electrons. The van der Waals surface area contributed by atoms with Gasteiger partial charge in [-0.05, 0) is 61.2 Å². The summed E-state index contributed by atoms with van der Waals surface area (Å²) in [4.78, 5) is 17.8. The topological polar surface area (TPSA) is 67.9 Å². The Bertz CT molecular complexity index is 788. The summed E-state index contributed by atoms with van der Waals surface area (Å²) in [5.74, 6) is -0.451. The Morgan fingerprint density at radius 3 is 2.35 bits per heavy atom. The number of amidine groups is 1. The molecule has 1 amide bonds. The number of carbonyl (C=O) groups excluding carboxylic acids is 1. The fourth-order valence-corrected chi connectivity index (χ4v) is 3.04. The molecule has 0 fully saturated rings. The maximum Gasteiger partial charge on any atom is 0.282 e. The first-order chi connectivity index (χ1) is 12.5. The minimum Gasteiger partial charge on any atom is -0.463 e. The molecule has 136 valence electrons. The van der Waals surface area contributed by atoms with Crippen LogP contribution in [0.1, 0.15) is 25.3 Å². The van der Waals surface area contributed by atoms with Gasteiger partial charge in [-0.25, -0.2) is 9.38 Å². The predicted molar refractivity (Wildman–Crippen MR) is 100.0 cm³/mol. The fraction of sp³-hybridized carbons (Fsp3) is 0.300. The average Bonchev–Trinajstić information content (AvgIpc) is 3.03. The average molecular weight is 355 g/mol. The van der Waals surface area contributed by atoms with Crippen LogP contribution in [0, 0.1) is 5.82 Å². The molecule has 1 heterocycles. The number of nitrogens with two attached hydrogens (primary N) is 1. The molecule has 0 saturated heterocycles. The van der Waals surface area contributed by atoms with Gasteiger partial charge < -0.3 is 10.5 Å². The van der Waals surface area contributed by atoms with E-state index in [9.17, 15) is 9.18 Å². The molecular weight excluding hydrogens is 333 g/mol. The van der Waals surface area contributed by atoms with Crippen molar-refractivity contribution in [1.82, 2.24) is 0 Å². The van der Waals surface area contributed by atoms with Crippen molar-refractivity contribution >= 4 is 23.3 Å². The van der Waals surface area contributed by atoms with Crippen LogP contribution in [0.25, 0.3) is 0 Å². The summed E-state index contributed by atoms with van der Waals surface area (Å²) in [5, 5.41) is 0. The van der Waals surface area contributed by atoms with Crippen LogP contribution >= 0.6 is 0 Å². The number of anilines is 2. The normalized spacial score (nSPS) is 16.1. The number of halogens is 1. The maximum atomic E-state index is 13.1. The van der Waals surface area contributed by atoms with Gasteiger partial charge >= 0.3 is 0 Å². The number of amides is 1. The maximum absolute atomic E-state index is 13.1. The van der Waals surface area contributed by atoms with Gasteiger partial charge in [0.1, 0.15) is 12.4 Å². The van der Waals surface area contributed by atoms with Gasteiger partial charge in [0.15, 0.2) is 0 Å². The van der Waals surface area contributed by atoms with E-state index in [0.29, 0.717) is 12.3 Å². The van der Waals surface area contributed by atoms with Gasteiger partial charge in [-0.15, -0.1) is 0 Å². The lowest BCUT2D eigenvalue weighted by atomic mass is 10.0. The number of carbonyl (C=O) groups is 1. The highest BCUT2D eigenvalue weighted by Gasteiger charge is 2.16. The Morgan fingerprint density at radius 2 is 1.81 bits per heavy atom. The zero-order valence-corrected chi connectivity index (χ0v) is 14.7. The molecular formula is C20H22FN3O2. The van der Waals surface area contributed by atoms with E-state index in [4.69, 9.17) is 10.5 Å². The molecule has 0 spiro atoms. The highest BCUT2D eigenvalue weighted by atomic mass is 19.1. The largest absolute Gasteiger partial charge is 0.463 e. The summed E-state index contributed by atoms with van der Waals surface area (Å²) in [6, 6.07) is 14.2. The van der Waals surface area contributed by atoms with E-state index in [0.717, 1.165) is 24.9 Å². The number of nitrogens with zero attached hydrogens (tertiary/aromatic N) is 2. The number of rotatable bonds is 6. The van der Waals surface area contributed by atoms with E-state index < -0.39 is 0 Å². The molecule has 2 aromatic carbocycles. The van der Waals surface area contributed by atoms with Crippen molar-refractivity contribution in [2.45, 2.75) is 32.2 Å². The monoisotopic (exact) mass is 355 g/mol. The number of aliphatic imine (C=N–C) groups is 1. The van der Waals surface area contributed by atoms with E-state index in [1.165, 1.54) is 24.6 Å². The number of hydrogen-bond donors (Lipinski definition) is 1.